The summed E-state index contributed by atoms with van der Waals surface area (Å²) in [6, 6.07) is 4.97. The van der Waals surface area contributed by atoms with Crippen LogP contribution >= 0.6 is 0 Å². The van der Waals surface area contributed by atoms with E-state index in [1.165, 1.54) is 12.8 Å². The Morgan fingerprint density at radius 1 is 1.26 bits per heavy atom. The lowest BCUT2D eigenvalue weighted by Crippen LogP contribution is -2.52. The molecule has 0 bridgehead atoms. The molecule has 1 aromatic heterocycles. The second-order valence-corrected chi connectivity index (χ2v) is 7.09. The first kappa shape index (κ1) is 14.9. The summed E-state index contributed by atoms with van der Waals surface area (Å²) in [6.07, 6.45) is 7.18. The summed E-state index contributed by atoms with van der Waals surface area (Å²) >= 11 is 0. The van der Waals surface area contributed by atoms with Gasteiger partial charge in [0.25, 0.3) is 0 Å². The van der Waals surface area contributed by atoms with Crippen LogP contribution in [-0.2, 0) is 11.3 Å². The Hall–Kier alpha value is -1.62. The SMILES string of the molecule is COc1ncccc1CN1CC[C@H]2[C@@H]1CCC(=O)N2CC1CC1. The number of hydrogen-bond donors (Lipinski definition) is 0. The minimum Gasteiger partial charge on any atom is -0.481 e. The van der Waals surface area contributed by atoms with E-state index in [2.05, 4.69) is 20.9 Å². The van der Waals surface area contributed by atoms with Gasteiger partial charge in [-0.25, -0.2) is 4.98 Å². The van der Waals surface area contributed by atoms with Crippen molar-refractivity contribution in [1.82, 2.24) is 14.8 Å². The average molecular weight is 315 g/mol. The Morgan fingerprint density at radius 3 is 2.91 bits per heavy atom. The zero-order valence-electron chi connectivity index (χ0n) is 13.8. The Morgan fingerprint density at radius 2 is 2.13 bits per heavy atom. The number of nitrogens with zero attached hydrogens (tertiary/aromatic N) is 3. The predicted molar refractivity (Wildman–Crippen MR) is 87.1 cm³/mol. The molecule has 3 aliphatic rings. The van der Waals surface area contributed by atoms with Gasteiger partial charge in [0.2, 0.25) is 11.8 Å². The largest absolute Gasteiger partial charge is 0.481 e. The van der Waals surface area contributed by atoms with Crippen LogP contribution in [0.3, 0.4) is 0 Å². The number of carbonyl (C=O) groups excluding carboxylic acids is 1. The molecule has 5 nitrogen and oxygen atoms in total. The summed E-state index contributed by atoms with van der Waals surface area (Å²) in [5.41, 5.74) is 1.14. The number of methoxy groups -OCH3 is 1. The highest BCUT2D eigenvalue weighted by Gasteiger charge is 2.44. The number of aromatic nitrogens is 1. The highest BCUT2D eigenvalue weighted by atomic mass is 16.5. The first-order valence-corrected chi connectivity index (χ1v) is 8.77. The molecule has 2 saturated heterocycles. The van der Waals surface area contributed by atoms with Crippen molar-refractivity contribution >= 4 is 5.91 Å². The van der Waals surface area contributed by atoms with Crippen LogP contribution < -0.4 is 4.74 Å². The molecule has 1 aliphatic carbocycles. The molecule has 1 aromatic rings. The van der Waals surface area contributed by atoms with Gasteiger partial charge in [0.05, 0.1) is 7.11 Å². The fraction of sp³-hybridized carbons (Fsp3) is 0.667. The Balaban J connectivity index is 1.48. The summed E-state index contributed by atoms with van der Waals surface area (Å²) < 4.78 is 5.39. The zero-order valence-corrected chi connectivity index (χ0v) is 13.8. The Kier molecular flexibility index (Phi) is 3.97. The van der Waals surface area contributed by atoms with Crippen LogP contribution in [0.15, 0.2) is 18.3 Å². The lowest BCUT2D eigenvalue weighted by molar-refractivity contribution is -0.138. The van der Waals surface area contributed by atoms with Gasteiger partial charge in [0, 0.05) is 49.9 Å². The highest BCUT2D eigenvalue weighted by molar-refractivity contribution is 5.77. The summed E-state index contributed by atoms with van der Waals surface area (Å²) in [5, 5.41) is 0. The van der Waals surface area contributed by atoms with Crippen molar-refractivity contribution in [3.8, 4) is 5.88 Å². The fourth-order valence-corrected chi connectivity index (χ4v) is 4.20. The van der Waals surface area contributed by atoms with Crippen LogP contribution in [0.25, 0.3) is 0 Å². The maximum atomic E-state index is 12.3. The Bertz CT molecular complexity index is 587. The third-order valence-corrected chi connectivity index (χ3v) is 5.57. The van der Waals surface area contributed by atoms with Crippen molar-refractivity contribution in [2.75, 3.05) is 20.2 Å². The van der Waals surface area contributed by atoms with Gasteiger partial charge in [-0.05, 0) is 37.7 Å². The normalized spacial score (nSPS) is 28.0. The van der Waals surface area contributed by atoms with Crippen molar-refractivity contribution in [2.24, 2.45) is 5.92 Å². The van der Waals surface area contributed by atoms with E-state index in [9.17, 15) is 4.79 Å². The van der Waals surface area contributed by atoms with Crippen molar-refractivity contribution in [1.29, 1.82) is 0 Å². The molecule has 0 spiro atoms. The smallest absolute Gasteiger partial charge is 0.222 e. The molecule has 2 atom stereocenters. The van der Waals surface area contributed by atoms with E-state index in [0.29, 0.717) is 24.4 Å². The minimum atomic E-state index is 0.374. The van der Waals surface area contributed by atoms with Crippen LogP contribution in [0.1, 0.15) is 37.7 Å². The van der Waals surface area contributed by atoms with Gasteiger partial charge < -0.3 is 9.64 Å². The summed E-state index contributed by atoms with van der Waals surface area (Å²) in [7, 11) is 1.68. The zero-order chi connectivity index (χ0) is 15.8. The number of ether oxygens (including phenoxy) is 1. The van der Waals surface area contributed by atoms with Crippen LogP contribution in [-0.4, -0.2) is 53.0 Å². The maximum Gasteiger partial charge on any atom is 0.222 e. The van der Waals surface area contributed by atoms with Crippen molar-refractivity contribution in [2.45, 2.75) is 50.7 Å². The molecule has 1 saturated carbocycles. The molecule has 3 heterocycles. The van der Waals surface area contributed by atoms with Crippen LogP contribution in [0, 0.1) is 5.92 Å². The van der Waals surface area contributed by atoms with Crippen LogP contribution in [0.5, 0.6) is 5.88 Å². The van der Waals surface area contributed by atoms with Gasteiger partial charge >= 0.3 is 0 Å². The molecule has 1 amide bonds. The van der Waals surface area contributed by atoms with Gasteiger partial charge in [-0.15, -0.1) is 0 Å². The molecular weight excluding hydrogens is 290 g/mol. The highest BCUT2D eigenvalue weighted by Crippen LogP contribution is 2.37. The average Bonchev–Trinajstić information content (AvgIpc) is 3.30. The van der Waals surface area contributed by atoms with Crippen molar-refractivity contribution in [3.05, 3.63) is 23.9 Å². The number of pyridine rings is 1. The third-order valence-electron chi connectivity index (χ3n) is 5.57. The first-order valence-electron chi connectivity index (χ1n) is 8.77. The number of amides is 1. The predicted octanol–water partition coefficient (Wildman–Crippen LogP) is 2.07. The maximum absolute atomic E-state index is 12.3. The van der Waals surface area contributed by atoms with Gasteiger partial charge in [-0.2, -0.15) is 0 Å². The van der Waals surface area contributed by atoms with Crippen LogP contribution in [0.4, 0.5) is 0 Å². The quantitative estimate of drug-likeness (QED) is 0.834. The van der Waals surface area contributed by atoms with E-state index < -0.39 is 0 Å². The van der Waals surface area contributed by atoms with Gasteiger partial charge in [0.15, 0.2) is 0 Å². The molecule has 0 aromatic carbocycles. The third kappa shape index (κ3) is 2.94. The van der Waals surface area contributed by atoms with E-state index >= 15 is 0 Å². The number of likely N-dealkylation sites (tertiary alicyclic amines) is 2. The van der Waals surface area contributed by atoms with E-state index in [1.54, 1.807) is 13.3 Å². The van der Waals surface area contributed by atoms with Gasteiger partial charge in [0.1, 0.15) is 0 Å². The molecule has 5 heteroatoms. The van der Waals surface area contributed by atoms with Crippen molar-refractivity contribution in [3.63, 3.8) is 0 Å². The summed E-state index contributed by atoms with van der Waals surface area (Å²) in [6.45, 7) is 2.91. The minimum absolute atomic E-state index is 0.374. The van der Waals surface area contributed by atoms with E-state index in [-0.39, 0.29) is 0 Å². The van der Waals surface area contributed by atoms with E-state index in [4.69, 9.17) is 4.74 Å². The second-order valence-electron chi connectivity index (χ2n) is 7.09. The second kappa shape index (κ2) is 6.11. The molecule has 0 radical (unpaired) electrons. The number of fused-ring (bicyclic) bond motifs is 1. The molecule has 23 heavy (non-hydrogen) atoms. The molecule has 0 N–H and O–H groups in total. The standard InChI is InChI=1S/C18H25N3O2/c1-23-18-14(3-2-9-19-18)12-20-10-8-16-15(20)6-7-17(22)21(16)11-13-4-5-13/h2-3,9,13,15-16H,4-8,10-12H2,1H3/t15-,16-/m0/s1. The molecule has 124 valence electrons. The molecule has 4 rings (SSSR count). The topological polar surface area (TPSA) is 45.7 Å². The van der Waals surface area contributed by atoms with Gasteiger partial charge in [-0.3, -0.25) is 9.69 Å². The number of carbonyl (C=O) groups is 1. The number of piperidine rings is 1. The van der Waals surface area contributed by atoms with Gasteiger partial charge in [-0.1, -0.05) is 6.07 Å². The van der Waals surface area contributed by atoms with Crippen LogP contribution in [0.2, 0.25) is 0 Å². The number of rotatable bonds is 5. The van der Waals surface area contributed by atoms with E-state index in [0.717, 1.165) is 49.8 Å². The molecular formula is C18H25N3O2. The number of hydrogen-bond acceptors (Lipinski definition) is 4. The fourth-order valence-electron chi connectivity index (χ4n) is 4.20. The molecule has 2 aliphatic heterocycles. The van der Waals surface area contributed by atoms with Crippen molar-refractivity contribution < 1.29 is 9.53 Å². The summed E-state index contributed by atoms with van der Waals surface area (Å²) in [4.78, 5) is 21.4. The molecule has 3 fully saturated rings. The first-order chi connectivity index (χ1) is 11.3. The Labute approximate surface area is 137 Å². The molecule has 0 unspecified atom stereocenters. The summed E-state index contributed by atoms with van der Waals surface area (Å²) in [5.74, 6) is 1.86. The lowest BCUT2D eigenvalue weighted by Gasteiger charge is -2.40. The van der Waals surface area contributed by atoms with E-state index in [1.807, 2.05) is 6.07 Å². The lowest BCUT2D eigenvalue weighted by atomic mass is 9.95. The monoisotopic (exact) mass is 315 g/mol.